The first kappa shape index (κ1) is 16.4. The van der Waals surface area contributed by atoms with Crippen LogP contribution in [0.2, 0.25) is 0 Å². The molecule has 120 valence electrons. The summed E-state index contributed by atoms with van der Waals surface area (Å²) in [6, 6.07) is 4.02. The third kappa shape index (κ3) is 3.44. The van der Waals surface area contributed by atoms with Crippen molar-refractivity contribution in [1.82, 2.24) is 15.2 Å². The maximum atomic E-state index is 12.3. The van der Waals surface area contributed by atoms with Crippen LogP contribution in [-0.2, 0) is 9.53 Å². The number of esters is 1. The fourth-order valence-corrected chi connectivity index (χ4v) is 2.73. The van der Waals surface area contributed by atoms with Gasteiger partial charge in [-0.25, -0.2) is 4.79 Å². The fourth-order valence-electron chi connectivity index (χ4n) is 2.73. The van der Waals surface area contributed by atoms with Crippen LogP contribution < -0.4 is 5.32 Å². The van der Waals surface area contributed by atoms with E-state index in [1.807, 2.05) is 13.8 Å². The zero-order valence-electron chi connectivity index (χ0n) is 13.5. The first-order chi connectivity index (χ1) is 10.4. The number of hydrogen-bond donors (Lipinski definition) is 1. The van der Waals surface area contributed by atoms with Gasteiger partial charge in [-0.2, -0.15) is 0 Å². The molecule has 6 nitrogen and oxygen atoms in total. The number of hydrogen-bond acceptors (Lipinski definition) is 5. The van der Waals surface area contributed by atoms with Gasteiger partial charge in [-0.3, -0.25) is 14.7 Å². The highest BCUT2D eigenvalue weighted by Gasteiger charge is 2.52. The molecule has 2 unspecified atom stereocenters. The first-order valence-electron chi connectivity index (χ1n) is 7.49. The molecular formula is C16H23N3O3. The van der Waals surface area contributed by atoms with Crippen LogP contribution in [0, 0.1) is 0 Å². The predicted octanol–water partition coefficient (Wildman–Crippen LogP) is 1.23. The Morgan fingerprint density at radius 2 is 1.86 bits per heavy atom. The Bertz CT molecular complexity index is 537. The monoisotopic (exact) mass is 305 g/mol. The summed E-state index contributed by atoms with van der Waals surface area (Å²) >= 11 is 0. The maximum Gasteiger partial charge on any atom is 0.338 e. The van der Waals surface area contributed by atoms with Gasteiger partial charge in [0.15, 0.2) is 0 Å². The van der Waals surface area contributed by atoms with Gasteiger partial charge in [0, 0.05) is 24.5 Å². The van der Waals surface area contributed by atoms with E-state index >= 15 is 0 Å². The molecule has 0 saturated carbocycles. The molecule has 1 aromatic heterocycles. The molecule has 0 radical (unpaired) electrons. The molecule has 2 heterocycles. The maximum absolute atomic E-state index is 12.3. The van der Waals surface area contributed by atoms with Gasteiger partial charge in [0.25, 0.3) is 0 Å². The number of rotatable bonds is 6. The van der Waals surface area contributed by atoms with Crippen molar-refractivity contribution in [3.8, 4) is 0 Å². The van der Waals surface area contributed by atoms with Crippen molar-refractivity contribution < 1.29 is 14.3 Å². The lowest BCUT2D eigenvalue weighted by atomic mass is 10.0. The second kappa shape index (κ2) is 6.44. The topological polar surface area (TPSA) is 71.3 Å². The molecule has 0 bridgehead atoms. The molecule has 2 atom stereocenters. The van der Waals surface area contributed by atoms with Crippen LogP contribution in [0.15, 0.2) is 24.5 Å². The average molecular weight is 305 g/mol. The van der Waals surface area contributed by atoms with E-state index in [9.17, 15) is 9.59 Å². The number of aromatic nitrogens is 1. The summed E-state index contributed by atoms with van der Waals surface area (Å²) in [7, 11) is 0. The van der Waals surface area contributed by atoms with E-state index in [1.165, 1.54) is 12.4 Å². The highest BCUT2D eigenvalue weighted by Crippen LogP contribution is 2.36. The van der Waals surface area contributed by atoms with Gasteiger partial charge in [-0.1, -0.05) is 0 Å². The van der Waals surface area contributed by atoms with E-state index in [1.54, 1.807) is 12.1 Å². The third-order valence-corrected chi connectivity index (χ3v) is 4.22. The molecule has 1 N–H and O–H groups in total. The number of nitrogens with one attached hydrogen (secondary N) is 1. The lowest BCUT2D eigenvalue weighted by Gasteiger charge is -2.26. The van der Waals surface area contributed by atoms with Gasteiger partial charge in [0.2, 0.25) is 5.91 Å². The summed E-state index contributed by atoms with van der Waals surface area (Å²) in [5, 5.41) is 2.82. The van der Waals surface area contributed by atoms with Crippen molar-refractivity contribution in [2.45, 2.75) is 45.3 Å². The zero-order valence-corrected chi connectivity index (χ0v) is 13.5. The third-order valence-electron chi connectivity index (χ3n) is 4.22. The Morgan fingerprint density at radius 1 is 1.27 bits per heavy atom. The summed E-state index contributed by atoms with van der Waals surface area (Å²) in [4.78, 5) is 30.0. The van der Waals surface area contributed by atoms with Gasteiger partial charge in [-0.05, 0) is 39.8 Å². The Kier molecular flexibility index (Phi) is 4.81. The van der Waals surface area contributed by atoms with E-state index < -0.39 is 11.5 Å². The van der Waals surface area contributed by atoms with Crippen molar-refractivity contribution >= 4 is 11.9 Å². The summed E-state index contributed by atoms with van der Waals surface area (Å²) in [6.45, 7) is 8.48. The number of carbonyl (C=O) groups is 2. The van der Waals surface area contributed by atoms with Crippen molar-refractivity contribution in [2.24, 2.45) is 0 Å². The molecule has 0 aromatic carbocycles. The van der Waals surface area contributed by atoms with Crippen LogP contribution in [0.3, 0.4) is 0 Å². The average Bonchev–Trinajstić information content (AvgIpc) is 3.11. The minimum atomic E-state index is -0.548. The van der Waals surface area contributed by atoms with Gasteiger partial charge < -0.3 is 10.1 Å². The first-order valence-corrected chi connectivity index (χ1v) is 7.49. The van der Waals surface area contributed by atoms with Crippen molar-refractivity contribution in [3.63, 3.8) is 0 Å². The van der Waals surface area contributed by atoms with Gasteiger partial charge in [-0.15, -0.1) is 0 Å². The molecule has 1 saturated heterocycles. The molecule has 1 amide bonds. The highest BCUT2D eigenvalue weighted by atomic mass is 16.5. The minimum absolute atomic E-state index is 0.0522. The molecule has 6 heteroatoms. The number of nitrogens with zero attached hydrogens (tertiary/aromatic N) is 2. The summed E-state index contributed by atoms with van der Waals surface area (Å²) < 4.78 is 5.11. The van der Waals surface area contributed by atoms with Crippen LogP contribution in [0.4, 0.5) is 0 Å². The molecular weight excluding hydrogens is 282 g/mol. The molecule has 0 aliphatic carbocycles. The second-order valence-electron chi connectivity index (χ2n) is 6.08. The molecule has 1 aromatic rings. The number of amides is 1. The van der Waals surface area contributed by atoms with Gasteiger partial charge in [0.05, 0.1) is 17.6 Å². The summed E-state index contributed by atoms with van der Waals surface area (Å²) in [6.07, 6.45) is 3.07. The van der Waals surface area contributed by atoms with E-state index in [-0.39, 0.29) is 12.5 Å². The normalized spacial score (nSPS) is 23.7. The van der Waals surface area contributed by atoms with E-state index in [0.29, 0.717) is 24.2 Å². The zero-order chi connectivity index (χ0) is 16.3. The minimum Gasteiger partial charge on any atom is -0.460 e. The van der Waals surface area contributed by atoms with Crippen molar-refractivity contribution in [3.05, 3.63) is 30.1 Å². The smallest absolute Gasteiger partial charge is 0.338 e. The van der Waals surface area contributed by atoms with Crippen LogP contribution in [0.5, 0.6) is 0 Å². The van der Waals surface area contributed by atoms with E-state index in [0.717, 1.165) is 0 Å². The lowest BCUT2D eigenvalue weighted by Crippen LogP contribution is -2.49. The van der Waals surface area contributed by atoms with E-state index in [4.69, 9.17) is 4.74 Å². The molecule has 0 spiro atoms. The SMILES string of the molecule is CC1C(C)N1C(C)(C)C(=O)NCCOC(=O)c1ccncc1. The summed E-state index contributed by atoms with van der Waals surface area (Å²) in [5.74, 6) is -0.465. The Labute approximate surface area is 130 Å². The molecule has 2 rings (SSSR count). The fraction of sp³-hybridized carbons (Fsp3) is 0.562. The molecule has 1 aliphatic heterocycles. The molecule has 1 fully saturated rings. The number of carbonyl (C=O) groups excluding carboxylic acids is 2. The highest BCUT2D eigenvalue weighted by molar-refractivity contribution is 5.89. The molecule has 22 heavy (non-hydrogen) atoms. The number of pyridine rings is 1. The van der Waals surface area contributed by atoms with Crippen LogP contribution >= 0.6 is 0 Å². The van der Waals surface area contributed by atoms with Crippen LogP contribution in [0.25, 0.3) is 0 Å². The quantitative estimate of drug-likeness (QED) is 0.486. The van der Waals surface area contributed by atoms with E-state index in [2.05, 4.69) is 29.0 Å². The predicted molar refractivity (Wildman–Crippen MR) is 82.4 cm³/mol. The molecule has 1 aliphatic rings. The van der Waals surface area contributed by atoms with Gasteiger partial charge >= 0.3 is 5.97 Å². The Balaban J connectivity index is 1.73. The van der Waals surface area contributed by atoms with Crippen molar-refractivity contribution in [2.75, 3.05) is 13.2 Å². The number of ether oxygens (including phenoxy) is 1. The lowest BCUT2D eigenvalue weighted by molar-refractivity contribution is -0.129. The largest absolute Gasteiger partial charge is 0.460 e. The van der Waals surface area contributed by atoms with Crippen LogP contribution in [-0.4, -0.2) is 52.5 Å². The van der Waals surface area contributed by atoms with Gasteiger partial charge in [0.1, 0.15) is 6.61 Å². The van der Waals surface area contributed by atoms with Crippen molar-refractivity contribution in [1.29, 1.82) is 0 Å². The Hall–Kier alpha value is -1.95. The second-order valence-corrected chi connectivity index (χ2v) is 6.08. The summed E-state index contributed by atoms with van der Waals surface area (Å²) in [5.41, 5.74) is -0.0955. The van der Waals surface area contributed by atoms with Crippen LogP contribution in [0.1, 0.15) is 38.1 Å². The standard InChI is InChI=1S/C16H23N3O3/c1-11-12(2)19(11)16(3,4)15(21)18-9-10-22-14(20)13-5-7-17-8-6-13/h5-8,11-12H,9-10H2,1-4H3,(H,18,21). The Morgan fingerprint density at radius 3 is 2.41 bits per heavy atom.